The van der Waals surface area contributed by atoms with Gasteiger partial charge in [0.05, 0.1) is 11.8 Å². The molecule has 0 spiro atoms. The topological polar surface area (TPSA) is 101 Å². The minimum atomic E-state index is -1.84. The molecule has 6 nitrogen and oxygen atoms in total. The van der Waals surface area contributed by atoms with Gasteiger partial charge in [-0.3, -0.25) is 10.1 Å². The van der Waals surface area contributed by atoms with E-state index < -0.39 is 34.4 Å². The van der Waals surface area contributed by atoms with Gasteiger partial charge in [0.1, 0.15) is 0 Å². The van der Waals surface area contributed by atoms with E-state index in [1.54, 1.807) is 0 Å². The van der Waals surface area contributed by atoms with Crippen molar-refractivity contribution in [1.82, 2.24) is 0 Å². The van der Waals surface area contributed by atoms with Crippen LogP contribution in [0.1, 0.15) is 19.3 Å². The highest BCUT2D eigenvalue weighted by Gasteiger charge is 2.73. The Balaban J connectivity index is 2.28. The number of hydrogen-bond acceptors (Lipinski definition) is 4. The molecular formula is C8H11NO5. The zero-order chi connectivity index (χ0) is 10.5. The van der Waals surface area contributed by atoms with Crippen LogP contribution in [0.25, 0.3) is 0 Å². The summed E-state index contributed by atoms with van der Waals surface area (Å²) in [5, 5.41) is 29.2. The highest BCUT2D eigenvalue weighted by Crippen LogP contribution is 2.54. The monoisotopic (exact) mass is 201 g/mol. The summed E-state index contributed by atoms with van der Waals surface area (Å²) in [6, 6.07) is -0.857. The first-order chi connectivity index (χ1) is 6.49. The van der Waals surface area contributed by atoms with Crippen molar-refractivity contribution < 1.29 is 19.9 Å². The number of hydrogen-bond donors (Lipinski definition) is 2. The van der Waals surface area contributed by atoms with Gasteiger partial charge in [-0.25, -0.2) is 4.79 Å². The molecule has 0 amide bonds. The second kappa shape index (κ2) is 2.66. The average molecular weight is 201 g/mol. The van der Waals surface area contributed by atoms with Gasteiger partial charge in [0.25, 0.3) is 0 Å². The second-order valence-corrected chi connectivity index (χ2v) is 4.05. The van der Waals surface area contributed by atoms with Crippen LogP contribution in [0.4, 0.5) is 0 Å². The molecule has 3 fully saturated rings. The van der Waals surface area contributed by atoms with Gasteiger partial charge in [0, 0.05) is 4.92 Å². The van der Waals surface area contributed by atoms with Crippen molar-refractivity contribution in [3.05, 3.63) is 10.1 Å². The first-order valence-corrected chi connectivity index (χ1v) is 4.59. The van der Waals surface area contributed by atoms with Crippen molar-refractivity contribution in [2.24, 2.45) is 11.8 Å². The van der Waals surface area contributed by atoms with Crippen molar-refractivity contribution in [2.75, 3.05) is 0 Å². The fourth-order valence-corrected chi connectivity index (χ4v) is 2.91. The van der Waals surface area contributed by atoms with Gasteiger partial charge in [-0.15, -0.1) is 0 Å². The van der Waals surface area contributed by atoms with Gasteiger partial charge in [-0.05, 0) is 12.8 Å². The van der Waals surface area contributed by atoms with Crippen LogP contribution >= 0.6 is 0 Å². The molecule has 3 aliphatic rings. The fourth-order valence-electron chi connectivity index (χ4n) is 2.91. The molecular weight excluding hydrogens is 190 g/mol. The lowest BCUT2D eigenvalue weighted by Crippen LogP contribution is -2.73. The molecule has 0 aromatic rings. The van der Waals surface area contributed by atoms with Gasteiger partial charge in [0.15, 0.2) is 5.60 Å². The van der Waals surface area contributed by atoms with E-state index in [1.807, 2.05) is 0 Å². The molecule has 3 aliphatic carbocycles. The van der Waals surface area contributed by atoms with Crippen molar-refractivity contribution in [3.8, 4) is 0 Å². The van der Waals surface area contributed by atoms with E-state index in [4.69, 9.17) is 5.11 Å². The average Bonchev–Trinajstić information content (AvgIpc) is 2.15. The van der Waals surface area contributed by atoms with Gasteiger partial charge in [0.2, 0.25) is 6.04 Å². The predicted molar refractivity (Wildman–Crippen MR) is 44.2 cm³/mol. The molecule has 78 valence electrons. The number of nitrogens with zero attached hydrogens (tertiary/aromatic N) is 1. The van der Waals surface area contributed by atoms with Crippen molar-refractivity contribution in [3.63, 3.8) is 0 Å². The summed E-state index contributed by atoms with van der Waals surface area (Å²) in [4.78, 5) is 21.0. The molecule has 14 heavy (non-hydrogen) atoms. The van der Waals surface area contributed by atoms with Crippen molar-refractivity contribution in [1.29, 1.82) is 0 Å². The lowest BCUT2D eigenvalue weighted by atomic mass is 9.50. The summed E-state index contributed by atoms with van der Waals surface area (Å²) in [5.41, 5.74) is -1.84. The highest BCUT2D eigenvalue weighted by atomic mass is 16.6. The van der Waals surface area contributed by atoms with Crippen LogP contribution in [0.3, 0.4) is 0 Å². The largest absolute Gasteiger partial charge is 0.479 e. The maximum atomic E-state index is 10.8. The molecule has 2 bridgehead atoms. The minimum absolute atomic E-state index is 0.435. The molecule has 6 heteroatoms. The number of carboxylic acids is 1. The zero-order valence-corrected chi connectivity index (χ0v) is 7.42. The number of carboxylic acid groups (broad SMARTS) is 1. The standard InChI is InChI=1S/C8H11NO5/c10-7(11)8(12)4-2-1-3-5(8)6(4)9(13)14/h4-6,12H,1-3H2,(H,10,11). The molecule has 0 aromatic carbocycles. The smallest absolute Gasteiger partial charge is 0.336 e. The third kappa shape index (κ3) is 0.863. The van der Waals surface area contributed by atoms with E-state index in [0.717, 1.165) is 6.42 Å². The summed E-state index contributed by atoms with van der Waals surface area (Å²) < 4.78 is 0. The van der Waals surface area contributed by atoms with Crippen molar-refractivity contribution in [2.45, 2.75) is 30.9 Å². The Bertz CT molecular complexity index is 290. The number of aliphatic hydroxyl groups is 1. The first kappa shape index (κ1) is 9.39. The van der Waals surface area contributed by atoms with Crippen LogP contribution in [0.2, 0.25) is 0 Å². The maximum absolute atomic E-state index is 10.8. The molecule has 0 aromatic heterocycles. The zero-order valence-electron chi connectivity index (χ0n) is 7.42. The van der Waals surface area contributed by atoms with Crippen LogP contribution in [0.15, 0.2) is 0 Å². The fraction of sp³-hybridized carbons (Fsp3) is 0.875. The SMILES string of the molecule is O=C(O)C1(O)C2CCCC1C2[N+](=O)[O-]. The molecule has 2 unspecified atom stereocenters. The number of fused-ring (bicyclic) bond motifs is 2. The normalized spacial score (nSPS) is 45.4. The van der Waals surface area contributed by atoms with E-state index in [-0.39, 0.29) is 0 Å². The predicted octanol–water partition coefficient (Wildman–Crippen LogP) is -0.123. The van der Waals surface area contributed by atoms with Gasteiger partial charge in [-0.1, -0.05) is 6.42 Å². The van der Waals surface area contributed by atoms with E-state index in [1.165, 1.54) is 0 Å². The molecule has 3 saturated carbocycles. The van der Waals surface area contributed by atoms with E-state index >= 15 is 0 Å². The van der Waals surface area contributed by atoms with Gasteiger partial charge < -0.3 is 10.2 Å². The van der Waals surface area contributed by atoms with Crippen LogP contribution < -0.4 is 0 Å². The molecule has 2 N–H and O–H groups in total. The Morgan fingerprint density at radius 2 is 1.93 bits per heavy atom. The Morgan fingerprint density at radius 1 is 1.43 bits per heavy atom. The molecule has 0 radical (unpaired) electrons. The summed E-state index contributed by atoms with van der Waals surface area (Å²) in [7, 11) is 0. The van der Waals surface area contributed by atoms with Gasteiger partial charge >= 0.3 is 5.97 Å². The van der Waals surface area contributed by atoms with Crippen LogP contribution in [-0.4, -0.2) is 32.7 Å². The number of carbonyl (C=O) groups is 1. The van der Waals surface area contributed by atoms with Crippen LogP contribution in [0.5, 0.6) is 0 Å². The lowest BCUT2D eigenvalue weighted by Gasteiger charge is -2.53. The Hall–Kier alpha value is -1.17. The Morgan fingerprint density at radius 3 is 2.29 bits per heavy atom. The highest BCUT2D eigenvalue weighted by molar-refractivity contribution is 5.80. The van der Waals surface area contributed by atoms with Crippen LogP contribution in [0, 0.1) is 22.0 Å². The van der Waals surface area contributed by atoms with E-state index in [2.05, 4.69) is 0 Å². The molecule has 3 rings (SSSR count). The summed E-state index contributed by atoms with van der Waals surface area (Å²) in [6.45, 7) is 0. The van der Waals surface area contributed by atoms with Gasteiger partial charge in [-0.2, -0.15) is 0 Å². The third-order valence-corrected chi connectivity index (χ3v) is 3.57. The lowest BCUT2D eigenvalue weighted by molar-refractivity contribution is -0.580. The summed E-state index contributed by atoms with van der Waals surface area (Å²) >= 11 is 0. The molecule has 0 heterocycles. The van der Waals surface area contributed by atoms with Crippen molar-refractivity contribution >= 4 is 5.97 Å². The molecule has 2 atom stereocenters. The quantitative estimate of drug-likeness (QED) is 0.479. The Kier molecular flexibility index (Phi) is 1.79. The summed E-state index contributed by atoms with van der Waals surface area (Å²) in [6.07, 6.45) is 1.64. The second-order valence-electron chi connectivity index (χ2n) is 4.05. The molecule has 0 saturated heterocycles. The minimum Gasteiger partial charge on any atom is -0.479 e. The van der Waals surface area contributed by atoms with Crippen LogP contribution in [-0.2, 0) is 4.79 Å². The first-order valence-electron chi connectivity index (χ1n) is 4.59. The van der Waals surface area contributed by atoms with E-state index in [9.17, 15) is 20.0 Å². The summed E-state index contributed by atoms with van der Waals surface area (Å²) in [5.74, 6) is -2.72. The number of aliphatic carboxylic acids is 1. The third-order valence-electron chi connectivity index (χ3n) is 3.57. The number of rotatable bonds is 2. The number of nitro groups is 1. The van der Waals surface area contributed by atoms with E-state index in [0.29, 0.717) is 12.8 Å². The molecule has 0 aliphatic heterocycles. The maximum Gasteiger partial charge on any atom is 0.336 e. The Labute approximate surface area is 79.7 Å².